The second-order valence-electron chi connectivity index (χ2n) is 6.40. The highest BCUT2D eigenvalue weighted by molar-refractivity contribution is 6.02. The Morgan fingerprint density at radius 3 is 2.59 bits per heavy atom. The van der Waals surface area contributed by atoms with Gasteiger partial charge in [-0.25, -0.2) is 0 Å². The monoisotopic (exact) mass is 368 g/mol. The second-order valence-corrected chi connectivity index (χ2v) is 6.40. The van der Waals surface area contributed by atoms with Crippen LogP contribution in [0.2, 0.25) is 0 Å². The molecule has 1 aliphatic heterocycles. The van der Waals surface area contributed by atoms with E-state index in [1.807, 2.05) is 42.5 Å². The lowest BCUT2D eigenvalue weighted by molar-refractivity contribution is -0.117. The summed E-state index contributed by atoms with van der Waals surface area (Å²) < 4.78 is 10.5. The number of anilines is 2. The minimum absolute atomic E-state index is 0.0936. The zero-order chi connectivity index (χ0) is 19.2. The highest BCUT2D eigenvalue weighted by Gasteiger charge is 2.24. The average molecular weight is 368 g/mol. The Morgan fingerprint density at radius 1 is 1.11 bits per heavy atom. The lowest BCUT2D eigenvalue weighted by atomic mass is 10.1. The Labute approximate surface area is 159 Å². The number of hydrogen-bond acceptors (Lipinski definition) is 4. The molecule has 142 valence electrons. The average Bonchev–Trinajstić information content (AvgIpc) is 3.12. The van der Waals surface area contributed by atoms with Crippen molar-refractivity contribution in [3.63, 3.8) is 0 Å². The van der Waals surface area contributed by atoms with Gasteiger partial charge in [-0.3, -0.25) is 9.59 Å². The van der Waals surface area contributed by atoms with Gasteiger partial charge < -0.3 is 19.7 Å². The molecule has 0 spiro atoms. The van der Waals surface area contributed by atoms with Gasteiger partial charge in [0.25, 0.3) is 0 Å². The third-order valence-corrected chi connectivity index (χ3v) is 4.63. The molecule has 1 aliphatic rings. The first-order chi connectivity index (χ1) is 13.1. The highest BCUT2D eigenvalue weighted by Crippen LogP contribution is 2.30. The van der Waals surface area contributed by atoms with Crippen molar-refractivity contribution in [1.82, 2.24) is 0 Å². The van der Waals surface area contributed by atoms with Gasteiger partial charge in [-0.2, -0.15) is 0 Å². The van der Waals surface area contributed by atoms with Crippen LogP contribution in [0.5, 0.6) is 11.5 Å². The summed E-state index contributed by atoms with van der Waals surface area (Å²) in [7, 11) is 3.18. The van der Waals surface area contributed by atoms with Crippen molar-refractivity contribution in [2.75, 3.05) is 31.0 Å². The number of amides is 2. The summed E-state index contributed by atoms with van der Waals surface area (Å²) in [5.41, 5.74) is 2.43. The maximum atomic E-state index is 12.4. The molecular weight excluding hydrogens is 344 g/mol. The second kappa shape index (κ2) is 8.58. The van der Waals surface area contributed by atoms with Crippen molar-refractivity contribution in [3.8, 4) is 11.5 Å². The van der Waals surface area contributed by atoms with E-state index in [9.17, 15) is 9.59 Å². The number of aryl methyl sites for hydroxylation is 1. The molecule has 6 heteroatoms. The van der Waals surface area contributed by atoms with Crippen molar-refractivity contribution >= 4 is 23.2 Å². The topological polar surface area (TPSA) is 67.9 Å². The SMILES string of the molecule is COc1ccc(CCC(=O)Nc2ccccc2N2CCCC2=O)cc1OC. The number of rotatable bonds is 7. The third kappa shape index (κ3) is 4.39. The highest BCUT2D eigenvalue weighted by atomic mass is 16.5. The molecule has 0 bridgehead atoms. The van der Waals surface area contributed by atoms with E-state index in [0.717, 1.165) is 17.7 Å². The summed E-state index contributed by atoms with van der Waals surface area (Å²) in [5, 5.41) is 2.94. The molecule has 0 unspecified atom stereocenters. The number of nitrogens with one attached hydrogen (secondary N) is 1. The van der Waals surface area contributed by atoms with Crippen LogP contribution in [0.25, 0.3) is 0 Å². The summed E-state index contributed by atoms with van der Waals surface area (Å²) in [6.07, 6.45) is 2.32. The van der Waals surface area contributed by atoms with Crippen LogP contribution in [0.15, 0.2) is 42.5 Å². The van der Waals surface area contributed by atoms with Gasteiger partial charge in [-0.1, -0.05) is 18.2 Å². The van der Waals surface area contributed by atoms with Crippen molar-refractivity contribution < 1.29 is 19.1 Å². The Balaban J connectivity index is 1.64. The Bertz CT molecular complexity index is 835. The first-order valence-corrected chi connectivity index (χ1v) is 9.02. The van der Waals surface area contributed by atoms with E-state index in [-0.39, 0.29) is 11.8 Å². The van der Waals surface area contributed by atoms with E-state index < -0.39 is 0 Å². The van der Waals surface area contributed by atoms with E-state index in [1.54, 1.807) is 19.1 Å². The van der Waals surface area contributed by atoms with Gasteiger partial charge in [0.15, 0.2) is 11.5 Å². The van der Waals surface area contributed by atoms with Crippen LogP contribution >= 0.6 is 0 Å². The van der Waals surface area contributed by atoms with Gasteiger partial charge in [0.05, 0.1) is 25.6 Å². The molecule has 2 amide bonds. The van der Waals surface area contributed by atoms with Gasteiger partial charge in [0.1, 0.15) is 0 Å². The van der Waals surface area contributed by atoms with Crippen LogP contribution in [0.3, 0.4) is 0 Å². The minimum Gasteiger partial charge on any atom is -0.493 e. The number of para-hydroxylation sites is 2. The molecule has 2 aromatic carbocycles. The number of hydrogen-bond donors (Lipinski definition) is 1. The predicted molar refractivity (Wildman–Crippen MR) is 105 cm³/mol. The quantitative estimate of drug-likeness (QED) is 0.813. The lowest BCUT2D eigenvalue weighted by Gasteiger charge is -2.20. The standard InChI is InChI=1S/C21H24N2O4/c1-26-18-11-9-15(14-19(18)27-2)10-12-20(24)22-16-6-3-4-7-17(16)23-13-5-8-21(23)25/h3-4,6-7,9,11,14H,5,8,10,12-13H2,1-2H3,(H,22,24). The Hall–Kier alpha value is -3.02. The molecule has 0 aliphatic carbocycles. The number of carbonyl (C=O) groups excluding carboxylic acids is 2. The molecule has 6 nitrogen and oxygen atoms in total. The summed E-state index contributed by atoms with van der Waals surface area (Å²) in [6.45, 7) is 0.692. The maximum absolute atomic E-state index is 12.4. The van der Waals surface area contributed by atoms with E-state index in [2.05, 4.69) is 5.32 Å². The molecule has 0 saturated carbocycles. The largest absolute Gasteiger partial charge is 0.493 e. The molecule has 2 aromatic rings. The smallest absolute Gasteiger partial charge is 0.227 e. The molecule has 1 fully saturated rings. The first kappa shape index (κ1) is 18.8. The van der Waals surface area contributed by atoms with Crippen LogP contribution in [0.1, 0.15) is 24.8 Å². The molecular formula is C21H24N2O4. The van der Waals surface area contributed by atoms with Crippen molar-refractivity contribution in [3.05, 3.63) is 48.0 Å². The molecule has 1 N–H and O–H groups in total. The normalized spacial score (nSPS) is 13.6. The minimum atomic E-state index is -0.0936. The molecule has 27 heavy (non-hydrogen) atoms. The summed E-state index contributed by atoms with van der Waals surface area (Å²) in [4.78, 5) is 26.2. The first-order valence-electron chi connectivity index (χ1n) is 9.02. The fourth-order valence-corrected chi connectivity index (χ4v) is 3.22. The third-order valence-electron chi connectivity index (χ3n) is 4.63. The van der Waals surface area contributed by atoms with E-state index in [1.165, 1.54) is 0 Å². The molecule has 0 radical (unpaired) electrons. The molecule has 1 saturated heterocycles. The van der Waals surface area contributed by atoms with Gasteiger partial charge >= 0.3 is 0 Å². The number of carbonyl (C=O) groups is 2. The predicted octanol–water partition coefficient (Wildman–Crippen LogP) is 3.40. The van der Waals surface area contributed by atoms with E-state index in [4.69, 9.17) is 9.47 Å². The Morgan fingerprint density at radius 2 is 1.89 bits per heavy atom. The number of methoxy groups -OCH3 is 2. The summed E-state index contributed by atoms with van der Waals surface area (Å²) in [6, 6.07) is 13.1. The van der Waals surface area contributed by atoms with Crippen LogP contribution in [-0.4, -0.2) is 32.6 Å². The van der Waals surface area contributed by atoms with Crippen molar-refractivity contribution in [2.24, 2.45) is 0 Å². The molecule has 1 heterocycles. The molecule has 3 rings (SSSR count). The van der Waals surface area contributed by atoms with Crippen molar-refractivity contribution in [1.29, 1.82) is 0 Å². The molecule has 0 atom stereocenters. The van der Waals surface area contributed by atoms with Crippen molar-refractivity contribution in [2.45, 2.75) is 25.7 Å². The number of benzene rings is 2. The lowest BCUT2D eigenvalue weighted by Crippen LogP contribution is -2.25. The molecule has 0 aromatic heterocycles. The fraction of sp³-hybridized carbons (Fsp3) is 0.333. The maximum Gasteiger partial charge on any atom is 0.227 e. The zero-order valence-corrected chi connectivity index (χ0v) is 15.7. The van der Waals surface area contributed by atoms with Gasteiger partial charge in [0.2, 0.25) is 11.8 Å². The van der Waals surface area contributed by atoms with E-state index in [0.29, 0.717) is 43.0 Å². The Kier molecular flexibility index (Phi) is 5.96. The fourth-order valence-electron chi connectivity index (χ4n) is 3.22. The van der Waals surface area contributed by atoms with Crippen LogP contribution in [-0.2, 0) is 16.0 Å². The summed E-state index contributed by atoms with van der Waals surface area (Å²) >= 11 is 0. The van der Waals surface area contributed by atoms with Gasteiger partial charge in [-0.15, -0.1) is 0 Å². The summed E-state index contributed by atoms with van der Waals surface area (Å²) in [5.74, 6) is 1.31. The van der Waals surface area contributed by atoms with Crippen LogP contribution < -0.4 is 19.7 Å². The number of nitrogens with zero attached hydrogens (tertiary/aromatic N) is 1. The van der Waals surface area contributed by atoms with Gasteiger partial charge in [0, 0.05) is 19.4 Å². The van der Waals surface area contributed by atoms with Crippen LogP contribution in [0, 0.1) is 0 Å². The van der Waals surface area contributed by atoms with Crippen LogP contribution in [0.4, 0.5) is 11.4 Å². The van der Waals surface area contributed by atoms with E-state index >= 15 is 0 Å². The van der Waals surface area contributed by atoms with Gasteiger partial charge in [-0.05, 0) is 42.7 Å². The number of ether oxygens (including phenoxy) is 2. The zero-order valence-electron chi connectivity index (χ0n) is 15.7.